The third-order valence-corrected chi connectivity index (χ3v) is 3.86. The minimum atomic E-state index is -3.51. The number of nitrogens with one attached hydrogen (secondary N) is 1. The van der Waals surface area contributed by atoms with Gasteiger partial charge in [0.15, 0.2) is 24.2 Å². The minimum absolute atomic E-state index is 0.0178. The van der Waals surface area contributed by atoms with Gasteiger partial charge in [-0.25, -0.2) is 14.4 Å². The van der Waals surface area contributed by atoms with E-state index >= 15 is 0 Å². The molecule has 2 heterocycles. The van der Waals surface area contributed by atoms with Crippen LogP contribution in [0, 0.1) is 5.82 Å². The SMILES string of the molecule is CC1(c2cc(NC(=O)c3cocn3)ccc2F)N=C(N)OCC1(F)F. The topological polar surface area (TPSA) is 103 Å². The first-order valence-electron chi connectivity index (χ1n) is 7.08. The van der Waals surface area contributed by atoms with Crippen LogP contribution in [0.4, 0.5) is 18.9 Å². The van der Waals surface area contributed by atoms with E-state index in [1.165, 1.54) is 6.07 Å². The van der Waals surface area contributed by atoms with Crippen LogP contribution in [0.5, 0.6) is 0 Å². The van der Waals surface area contributed by atoms with Gasteiger partial charge in [-0.3, -0.25) is 4.79 Å². The summed E-state index contributed by atoms with van der Waals surface area (Å²) in [6, 6.07) is 2.79. The van der Waals surface area contributed by atoms with Crippen LogP contribution in [0.15, 0.2) is 40.3 Å². The number of anilines is 1. The van der Waals surface area contributed by atoms with Gasteiger partial charge in [0, 0.05) is 11.3 Å². The van der Waals surface area contributed by atoms with Crippen LogP contribution < -0.4 is 11.1 Å². The predicted octanol–water partition coefficient (Wildman–Crippen LogP) is 2.26. The van der Waals surface area contributed by atoms with Gasteiger partial charge in [0.25, 0.3) is 11.9 Å². The van der Waals surface area contributed by atoms with Gasteiger partial charge in [-0.05, 0) is 25.1 Å². The molecule has 0 radical (unpaired) electrons. The Morgan fingerprint density at radius 1 is 1.40 bits per heavy atom. The molecule has 0 fully saturated rings. The van der Waals surface area contributed by atoms with Crippen molar-refractivity contribution >= 4 is 17.6 Å². The van der Waals surface area contributed by atoms with Gasteiger partial charge < -0.3 is 20.2 Å². The molecule has 1 unspecified atom stereocenters. The predicted molar refractivity (Wildman–Crippen MR) is 80.7 cm³/mol. The van der Waals surface area contributed by atoms with E-state index in [1.54, 1.807) is 0 Å². The van der Waals surface area contributed by atoms with Gasteiger partial charge >= 0.3 is 5.92 Å². The lowest BCUT2D eigenvalue weighted by molar-refractivity contribution is -0.117. The van der Waals surface area contributed by atoms with E-state index in [1.807, 2.05) is 0 Å². The Morgan fingerprint density at radius 2 is 2.16 bits per heavy atom. The van der Waals surface area contributed by atoms with Crippen molar-refractivity contribution in [3.05, 3.63) is 47.9 Å². The summed E-state index contributed by atoms with van der Waals surface area (Å²) >= 11 is 0. The maximum atomic E-state index is 14.3. The van der Waals surface area contributed by atoms with Crippen molar-refractivity contribution in [3.8, 4) is 0 Å². The Kier molecular flexibility index (Phi) is 3.90. The molecule has 132 valence electrons. The number of halogens is 3. The molecule has 1 amide bonds. The summed E-state index contributed by atoms with van der Waals surface area (Å²) in [7, 11) is 0. The highest BCUT2D eigenvalue weighted by Gasteiger charge is 2.56. The number of nitrogens with two attached hydrogens (primary N) is 1. The Hall–Kier alpha value is -3.04. The zero-order valence-electron chi connectivity index (χ0n) is 12.9. The fraction of sp³-hybridized carbons (Fsp3) is 0.267. The third kappa shape index (κ3) is 2.90. The molecular weight excluding hydrogens is 341 g/mol. The van der Waals surface area contributed by atoms with E-state index in [4.69, 9.17) is 5.73 Å². The number of carbonyl (C=O) groups excluding carboxylic acids is 1. The average molecular weight is 354 g/mol. The van der Waals surface area contributed by atoms with E-state index < -0.39 is 41.4 Å². The van der Waals surface area contributed by atoms with Crippen LogP contribution >= 0.6 is 0 Å². The van der Waals surface area contributed by atoms with E-state index in [0.29, 0.717) is 0 Å². The van der Waals surface area contributed by atoms with E-state index in [9.17, 15) is 18.0 Å². The summed E-state index contributed by atoms with van der Waals surface area (Å²) in [6.45, 7) is 0.0117. The number of benzene rings is 1. The molecule has 0 spiro atoms. The number of hydrogen-bond donors (Lipinski definition) is 2. The fourth-order valence-electron chi connectivity index (χ4n) is 2.39. The van der Waals surface area contributed by atoms with Gasteiger partial charge in [-0.15, -0.1) is 0 Å². The van der Waals surface area contributed by atoms with E-state index in [-0.39, 0.29) is 11.4 Å². The van der Waals surface area contributed by atoms with Crippen LogP contribution in [0.3, 0.4) is 0 Å². The van der Waals surface area contributed by atoms with Gasteiger partial charge in [-0.1, -0.05) is 0 Å². The zero-order chi connectivity index (χ0) is 18.2. The lowest BCUT2D eigenvalue weighted by Crippen LogP contribution is -2.51. The minimum Gasteiger partial charge on any atom is -0.459 e. The summed E-state index contributed by atoms with van der Waals surface area (Å²) < 4.78 is 52.2. The van der Waals surface area contributed by atoms with Crippen LogP contribution in [0.25, 0.3) is 0 Å². The van der Waals surface area contributed by atoms with Crippen molar-refractivity contribution in [1.29, 1.82) is 0 Å². The summed E-state index contributed by atoms with van der Waals surface area (Å²) in [5, 5.41) is 2.42. The molecule has 0 bridgehead atoms. The molecular formula is C15H13F3N4O3. The Balaban J connectivity index is 1.99. The lowest BCUT2D eigenvalue weighted by atomic mass is 9.85. The first kappa shape index (κ1) is 16.8. The molecule has 10 heteroatoms. The number of carbonyl (C=O) groups is 1. The lowest BCUT2D eigenvalue weighted by Gasteiger charge is -2.37. The number of rotatable bonds is 3. The normalized spacial score (nSPS) is 22.0. The zero-order valence-corrected chi connectivity index (χ0v) is 12.9. The number of nitrogens with zero attached hydrogens (tertiary/aromatic N) is 2. The number of ether oxygens (including phenoxy) is 1. The van der Waals surface area contributed by atoms with Gasteiger partial charge in [0.2, 0.25) is 0 Å². The molecule has 3 rings (SSSR count). The van der Waals surface area contributed by atoms with Crippen LogP contribution in [-0.4, -0.2) is 29.4 Å². The average Bonchev–Trinajstić information content (AvgIpc) is 3.08. The molecule has 1 aliphatic heterocycles. The molecule has 2 aromatic rings. The third-order valence-electron chi connectivity index (χ3n) is 3.86. The first-order valence-corrected chi connectivity index (χ1v) is 7.08. The number of oxazole rings is 1. The number of aromatic nitrogens is 1. The highest BCUT2D eigenvalue weighted by molar-refractivity contribution is 6.02. The molecule has 7 nitrogen and oxygen atoms in total. The largest absolute Gasteiger partial charge is 0.459 e. The summed E-state index contributed by atoms with van der Waals surface area (Å²) in [5.74, 6) is -5.07. The van der Waals surface area contributed by atoms with Crippen molar-refractivity contribution in [2.24, 2.45) is 10.7 Å². The van der Waals surface area contributed by atoms with Crippen LogP contribution in [0.1, 0.15) is 23.0 Å². The second kappa shape index (κ2) is 5.80. The second-order valence-electron chi connectivity index (χ2n) is 5.54. The Bertz CT molecular complexity index is 839. The molecule has 1 aromatic heterocycles. The van der Waals surface area contributed by atoms with Gasteiger partial charge in [0.05, 0.1) is 0 Å². The van der Waals surface area contributed by atoms with Crippen LogP contribution in [0.2, 0.25) is 0 Å². The number of amidine groups is 1. The molecule has 1 atom stereocenters. The molecule has 0 saturated heterocycles. The van der Waals surface area contributed by atoms with E-state index in [2.05, 4.69) is 24.4 Å². The number of hydrogen-bond acceptors (Lipinski definition) is 6. The van der Waals surface area contributed by atoms with Crippen molar-refractivity contribution in [2.45, 2.75) is 18.4 Å². The van der Waals surface area contributed by atoms with Gasteiger partial charge in [-0.2, -0.15) is 8.78 Å². The van der Waals surface area contributed by atoms with Crippen molar-refractivity contribution in [3.63, 3.8) is 0 Å². The highest BCUT2D eigenvalue weighted by Crippen LogP contribution is 2.44. The van der Waals surface area contributed by atoms with E-state index in [0.717, 1.165) is 31.7 Å². The van der Waals surface area contributed by atoms with Crippen molar-refractivity contribution in [2.75, 3.05) is 11.9 Å². The summed E-state index contributed by atoms with van der Waals surface area (Å²) in [6.07, 6.45) is 2.17. The number of alkyl halides is 2. The molecule has 1 aliphatic rings. The van der Waals surface area contributed by atoms with Gasteiger partial charge in [0.1, 0.15) is 12.1 Å². The van der Waals surface area contributed by atoms with Crippen molar-refractivity contribution < 1.29 is 27.1 Å². The van der Waals surface area contributed by atoms with Crippen LogP contribution in [-0.2, 0) is 10.3 Å². The fourth-order valence-corrected chi connectivity index (χ4v) is 2.39. The quantitative estimate of drug-likeness (QED) is 0.880. The summed E-state index contributed by atoms with van der Waals surface area (Å²) in [5.41, 5.74) is 2.74. The molecule has 0 saturated carbocycles. The molecule has 3 N–H and O–H groups in total. The van der Waals surface area contributed by atoms with Crippen molar-refractivity contribution in [1.82, 2.24) is 4.98 Å². The summed E-state index contributed by atoms with van der Waals surface area (Å²) in [4.78, 5) is 19.2. The maximum Gasteiger partial charge on any atom is 0.310 e. The number of aliphatic imine (C=N–C) groups is 1. The highest BCUT2D eigenvalue weighted by atomic mass is 19.3. The molecule has 0 aliphatic carbocycles. The maximum absolute atomic E-state index is 14.3. The monoisotopic (exact) mass is 354 g/mol. The second-order valence-corrected chi connectivity index (χ2v) is 5.54. The molecule has 25 heavy (non-hydrogen) atoms. The number of amides is 1. The Morgan fingerprint density at radius 3 is 2.84 bits per heavy atom. The standard InChI is InChI=1S/C15H13F3N4O3/c1-14(15(17,18)6-25-13(19)22-14)9-4-8(2-3-10(9)16)21-12(23)11-5-24-7-20-11/h2-5,7H,6H2,1H3,(H2,19,22)(H,21,23). The Labute approximate surface area is 139 Å². The molecule has 1 aromatic carbocycles. The first-order chi connectivity index (χ1) is 11.7. The smallest absolute Gasteiger partial charge is 0.310 e.